The van der Waals surface area contributed by atoms with E-state index in [1.165, 1.54) is 0 Å². The van der Waals surface area contributed by atoms with Crippen molar-refractivity contribution in [3.05, 3.63) is 34.9 Å². The number of nitrogens with one attached hydrogen (secondary N) is 1. The van der Waals surface area contributed by atoms with E-state index in [2.05, 4.69) is 18.3 Å². The normalized spacial score (nSPS) is 36.0. The van der Waals surface area contributed by atoms with Crippen LogP contribution in [-0.2, 0) is 26.2 Å². The third kappa shape index (κ3) is 3.03. The van der Waals surface area contributed by atoms with Crippen LogP contribution in [0.15, 0.2) is 18.2 Å². The highest BCUT2D eigenvalue weighted by molar-refractivity contribution is 7.80. The number of methoxy groups -OCH3 is 1. The standard InChI is InChI=1S/C25H31N3O3S/c1-3-17-12-24(9-8-21(17)30-2)13-18-7-6-16(14-26)11-20(18)25(24)22(29)28(23(32)27-25)15-19-5-4-10-31-19/h6-7,11,17,19,21H,3-5,8-10,12-13,15H2,1-2H3,(H,27,32)/t17-,19+,21-,24-,25+/m0/s1. The van der Waals surface area contributed by atoms with Crippen molar-refractivity contribution in [2.75, 3.05) is 20.3 Å². The highest BCUT2D eigenvalue weighted by Gasteiger charge is 2.68. The van der Waals surface area contributed by atoms with Crippen LogP contribution in [0.4, 0.5) is 0 Å². The van der Waals surface area contributed by atoms with Gasteiger partial charge in [0.15, 0.2) is 10.7 Å². The summed E-state index contributed by atoms with van der Waals surface area (Å²) in [6.45, 7) is 3.44. The van der Waals surface area contributed by atoms with Gasteiger partial charge in [-0.2, -0.15) is 5.26 Å². The lowest BCUT2D eigenvalue weighted by Gasteiger charge is -2.49. The summed E-state index contributed by atoms with van der Waals surface area (Å²) in [5.41, 5.74) is 1.46. The van der Waals surface area contributed by atoms with Crippen molar-refractivity contribution in [3.8, 4) is 6.07 Å². The molecule has 2 aliphatic carbocycles. The Bertz CT molecular complexity index is 985. The minimum atomic E-state index is -0.920. The molecule has 0 unspecified atom stereocenters. The van der Waals surface area contributed by atoms with Gasteiger partial charge in [0.1, 0.15) is 0 Å². The van der Waals surface area contributed by atoms with Gasteiger partial charge in [-0.15, -0.1) is 0 Å². The van der Waals surface area contributed by atoms with E-state index in [1.807, 2.05) is 18.2 Å². The Morgan fingerprint density at radius 2 is 2.25 bits per heavy atom. The summed E-state index contributed by atoms with van der Waals surface area (Å²) in [6.07, 6.45) is 6.74. The molecule has 0 bridgehead atoms. The second kappa shape index (κ2) is 8.09. The van der Waals surface area contributed by atoms with Gasteiger partial charge in [-0.05, 0) is 79.9 Å². The zero-order chi connectivity index (χ0) is 22.5. The van der Waals surface area contributed by atoms with Crippen molar-refractivity contribution >= 4 is 23.2 Å². The van der Waals surface area contributed by atoms with Gasteiger partial charge in [0.2, 0.25) is 0 Å². The lowest BCUT2D eigenvalue weighted by molar-refractivity contribution is -0.141. The molecule has 5 rings (SSSR count). The van der Waals surface area contributed by atoms with E-state index in [1.54, 1.807) is 12.0 Å². The van der Waals surface area contributed by atoms with Gasteiger partial charge in [-0.3, -0.25) is 9.69 Å². The Morgan fingerprint density at radius 3 is 2.94 bits per heavy atom. The number of hydrogen-bond acceptors (Lipinski definition) is 5. The van der Waals surface area contributed by atoms with Crippen LogP contribution in [0.3, 0.4) is 0 Å². The molecule has 0 aromatic heterocycles. The lowest BCUT2D eigenvalue weighted by atomic mass is 9.58. The highest BCUT2D eigenvalue weighted by Crippen LogP contribution is 2.61. The van der Waals surface area contributed by atoms with Crippen molar-refractivity contribution < 1.29 is 14.3 Å². The molecule has 2 spiro atoms. The van der Waals surface area contributed by atoms with Gasteiger partial charge in [0, 0.05) is 19.1 Å². The fraction of sp³-hybridized carbons (Fsp3) is 0.640. The molecule has 0 radical (unpaired) electrons. The van der Waals surface area contributed by atoms with Crippen molar-refractivity contribution in [2.24, 2.45) is 11.3 Å². The fourth-order valence-electron chi connectivity index (χ4n) is 6.82. The minimum Gasteiger partial charge on any atom is -0.381 e. The second-order valence-electron chi connectivity index (χ2n) is 9.86. The van der Waals surface area contributed by atoms with Gasteiger partial charge in [0.25, 0.3) is 5.91 Å². The van der Waals surface area contributed by atoms with Crippen LogP contribution in [0.5, 0.6) is 0 Å². The van der Waals surface area contributed by atoms with Crippen LogP contribution >= 0.6 is 12.2 Å². The van der Waals surface area contributed by atoms with E-state index in [-0.39, 0.29) is 23.5 Å². The van der Waals surface area contributed by atoms with Gasteiger partial charge in [-0.25, -0.2) is 0 Å². The number of benzene rings is 1. The van der Waals surface area contributed by atoms with Gasteiger partial charge in [-0.1, -0.05) is 19.4 Å². The average molecular weight is 454 g/mol. The topological polar surface area (TPSA) is 74.6 Å². The van der Waals surface area contributed by atoms with Crippen LogP contribution in [0.1, 0.15) is 62.1 Å². The third-order valence-corrected chi connectivity index (χ3v) is 8.72. The zero-order valence-corrected chi connectivity index (χ0v) is 19.7. The number of rotatable bonds is 4. The summed E-state index contributed by atoms with van der Waals surface area (Å²) >= 11 is 5.76. The number of carbonyl (C=O) groups is 1. The first kappa shape index (κ1) is 21.8. The van der Waals surface area contributed by atoms with Crippen molar-refractivity contribution in [2.45, 2.75) is 69.6 Å². The molecular weight excluding hydrogens is 422 g/mol. The van der Waals surface area contributed by atoms with Crippen molar-refractivity contribution in [1.29, 1.82) is 5.26 Å². The molecule has 170 valence electrons. The first-order chi connectivity index (χ1) is 15.5. The van der Waals surface area contributed by atoms with Gasteiger partial charge < -0.3 is 14.8 Å². The Morgan fingerprint density at radius 1 is 1.41 bits per heavy atom. The van der Waals surface area contributed by atoms with Gasteiger partial charge >= 0.3 is 0 Å². The maximum Gasteiger partial charge on any atom is 0.259 e. The van der Waals surface area contributed by atoms with E-state index in [0.29, 0.717) is 23.1 Å². The summed E-state index contributed by atoms with van der Waals surface area (Å²) in [6, 6.07) is 8.08. The molecule has 1 aromatic rings. The maximum absolute atomic E-state index is 14.3. The molecule has 32 heavy (non-hydrogen) atoms. The minimum absolute atomic E-state index is 0.0255. The molecule has 2 saturated heterocycles. The summed E-state index contributed by atoms with van der Waals surface area (Å²) in [5, 5.41) is 13.6. The highest BCUT2D eigenvalue weighted by atomic mass is 32.1. The number of thiocarbonyl (C=S) groups is 1. The average Bonchev–Trinajstić information content (AvgIpc) is 3.48. The monoisotopic (exact) mass is 453 g/mol. The number of nitrogens with zero attached hydrogens (tertiary/aromatic N) is 2. The molecule has 1 saturated carbocycles. The van der Waals surface area contributed by atoms with E-state index >= 15 is 0 Å². The number of carbonyl (C=O) groups excluding carboxylic acids is 1. The Labute approximate surface area is 195 Å². The number of fused-ring (bicyclic) bond motifs is 3. The van der Waals surface area contributed by atoms with Crippen LogP contribution in [0, 0.1) is 22.7 Å². The second-order valence-corrected chi connectivity index (χ2v) is 10.2. The van der Waals surface area contributed by atoms with Gasteiger partial charge in [0.05, 0.1) is 30.4 Å². The smallest absolute Gasteiger partial charge is 0.259 e. The van der Waals surface area contributed by atoms with E-state index < -0.39 is 5.54 Å². The quantitative estimate of drug-likeness (QED) is 0.704. The number of hydrogen-bond donors (Lipinski definition) is 1. The Balaban J connectivity index is 1.60. The first-order valence-electron chi connectivity index (χ1n) is 11.8. The summed E-state index contributed by atoms with van der Waals surface area (Å²) in [7, 11) is 1.79. The molecule has 1 aromatic carbocycles. The van der Waals surface area contributed by atoms with Crippen molar-refractivity contribution in [3.63, 3.8) is 0 Å². The van der Waals surface area contributed by atoms with Crippen LogP contribution in [0.2, 0.25) is 0 Å². The predicted molar refractivity (Wildman–Crippen MR) is 124 cm³/mol. The molecule has 1 N–H and O–H groups in total. The SMILES string of the molecule is CC[C@H]1C[C@@]2(CC[C@@H]1OC)Cc1ccc(C#N)cc1[C@]21NC(=S)N(C[C@H]2CCCO2)C1=O. The van der Waals surface area contributed by atoms with E-state index in [4.69, 9.17) is 21.7 Å². The molecule has 2 aliphatic heterocycles. The van der Waals surface area contributed by atoms with E-state index in [9.17, 15) is 10.1 Å². The predicted octanol–water partition coefficient (Wildman–Crippen LogP) is 3.42. The van der Waals surface area contributed by atoms with Crippen LogP contribution in [-0.4, -0.2) is 48.4 Å². The Hall–Kier alpha value is -2.01. The van der Waals surface area contributed by atoms with Crippen molar-refractivity contribution in [1.82, 2.24) is 10.2 Å². The first-order valence-corrected chi connectivity index (χ1v) is 12.2. The summed E-state index contributed by atoms with van der Waals surface area (Å²) in [5.74, 6) is 0.406. The third-order valence-electron chi connectivity index (χ3n) is 8.40. The molecule has 4 aliphatic rings. The number of amides is 1. The molecule has 6 nitrogen and oxygen atoms in total. The molecular formula is C25H31N3O3S. The number of nitriles is 1. The molecule has 5 atom stereocenters. The largest absolute Gasteiger partial charge is 0.381 e. The zero-order valence-electron chi connectivity index (χ0n) is 18.9. The molecule has 7 heteroatoms. The fourth-order valence-corrected chi connectivity index (χ4v) is 7.13. The van der Waals surface area contributed by atoms with E-state index in [0.717, 1.165) is 62.7 Å². The maximum atomic E-state index is 14.3. The van der Waals surface area contributed by atoms with Crippen LogP contribution in [0.25, 0.3) is 0 Å². The lowest BCUT2D eigenvalue weighted by Crippen LogP contribution is -2.58. The number of ether oxygens (including phenoxy) is 2. The van der Waals surface area contributed by atoms with Crippen LogP contribution < -0.4 is 5.32 Å². The molecule has 1 amide bonds. The summed E-state index contributed by atoms with van der Waals surface area (Å²) < 4.78 is 11.6. The Kier molecular flexibility index (Phi) is 5.51. The summed E-state index contributed by atoms with van der Waals surface area (Å²) in [4.78, 5) is 16.1. The molecule has 2 heterocycles. The molecule has 3 fully saturated rings.